The second kappa shape index (κ2) is 5.83. The lowest BCUT2D eigenvalue weighted by Gasteiger charge is -2.44. The molecule has 1 saturated heterocycles. The van der Waals surface area contributed by atoms with Gasteiger partial charge in [0, 0.05) is 25.7 Å². The average Bonchev–Trinajstić information content (AvgIpc) is 2.29. The highest BCUT2D eigenvalue weighted by Crippen LogP contribution is 2.25. The van der Waals surface area contributed by atoms with Gasteiger partial charge < -0.3 is 10.5 Å². The maximum atomic E-state index is 5.89. The van der Waals surface area contributed by atoms with E-state index in [9.17, 15) is 0 Å². The van der Waals surface area contributed by atoms with E-state index in [-0.39, 0.29) is 5.54 Å². The quantitative estimate of drug-likeness (QED) is 0.753. The molecule has 2 atom stereocenters. The Balaban J connectivity index is 2.54. The Hall–Kier alpha value is -0.120. The van der Waals surface area contributed by atoms with E-state index < -0.39 is 0 Å². The number of piperidine rings is 1. The largest absolute Gasteiger partial charge is 0.384 e. The lowest BCUT2D eigenvalue weighted by Crippen LogP contribution is -2.55. The summed E-state index contributed by atoms with van der Waals surface area (Å²) in [6.07, 6.45) is 3.71. The molecule has 1 heterocycles. The van der Waals surface area contributed by atoms with Crippen LogP contribution in [-0.4, -0.2) is 43.8 Å². The summed E-state index contributed by atoms with van der Waals surface area (Å²) in [5.74, 6) is 0.696. The van der Waals surface area contributed by atoms with Crippen molar-refractivity contribution in [1.29, 1.82) is 0 Å². The van der Waals surface area contributed by atoms with Crippen molar-refractivity contribution < 1.29 is 4.74 Å². The summed E-state index contributed by atoms with van der Waals surface area (Å²) in [5, 5.41) is 0. The topological polar surface area (TPSA) is 38.5 Å². The van der Waals surface area contributed by atoms with E-state index in [1.54, 1.807) is 7.11 Å². The minimum atomic E-state index is 0.187. The van der Waals surface area contributed by atoms with Crippen LogP contribution in [0.1, 0.15) is 33.1 Å². The average molecular weight is 214 g/mol. The van der Waals surface area contributed by atoms with Crippen molar-refractivity contribution in [1.82, 2.24) is 4.90 Å². The number of nitrogens with zero attached hydrogens (tertiary/aromatic N) is 1. The van der Waals surface area contributed by atoms with E-state index in [1.807, 2.05) is 0 Å². The lowest BCUT2D eigenvalue weighted by atomic mass is 9.90. The summed E-state index contributed by atoms with van der Waals surface area (Å²) < 4.78 is 5.25. The minimum absolute atomic E-state index is 0.187. The van der Waals surface area contributed by atoms with Crippen LogP contribution in [0.25, 0.3) is 0 Å². The van der Waals surface area contributed by atoms with Gasteiger partial charge in [-0.3, -0.25) is 4.90 Å². The Morgan fingerprint density at radius 1 is 1.53 bits per heavy atom. The summed E-state index contributed by atoms with van der Waals surface area (Å²) >= 11 is 0. The van der Waals surface area contributed by atoms with Crippen LogP contribution in [0.2, 0.25) is 0 Å². The Bertz CT molecular complexity index is 178. The van der Waals surface area contributed by atoms with Gasteiger partial charge in [0.25, 0.3) is 0 Å². The predicted molar refractivity (Wildman–Crippen MR) is 63.9 cm³/mol. The van der Waals surface area contributed by atoms with Crippen molar-refractivity contribution in [3.05, 3.63) is 0 Å². The van der Waals surface area contributed by atoms with Gasteiger partial charge >= 0.3 is 0 Å². The first-order valence-corrected chi connectivity index (χ1v) is 6.10. The zero-order chi connectivity index (χ0) is 11.3. The number of methoxy groups -OCH3 is 1. The maximum Gasteiger partial charge on any atom is 0.0502 e. The zero-order valence-electron chi connectivity index (χ0n) is 10.5. The molecule has 0 aromatic carbocycles. The van der Waals surface area contributed by atoms with Crippen LogP contribution in [0.3, 0.4) is 0 Å². The number of rotatable bonds is 5. The number of likely N-dealkylation sites (tertiary alicyclic amines) is 1. The minimum Gasteiger partial charge on any atom is -0.384 e. The van der Waals surface area contributed by atoms with Gasteiger partial charge in [-0.05, 0) is 38.6 Å². The summed E-state index contributed by atoms with van der Waals surface area (Å²) in [6.45, 7) is 8.50. The van der Waals surface area contributed by atoms with Crippen LogP contribution >= 0.6 is 0 Å². The highest BCUT2D eigenvalue weighted by molar-refractivity contribution is 4.89. The number of nitrogens with two attached hydrogens (primary N) is 1. The van der Waals surface area contributed by atoms with Crippen molar-refractivity contribution in [3.8, 4) is 0 Å². The van der Waals surface area contributed by atoms with Gasteiger partial charge in [0.2, 0.25) is 0 Å². The molecule has 15 heavy (non-hydrogen) atoms. The van der Waals surface area contributed by atoms with Crippen molar-refractivity contribution in [2.75, 3.05) is 33.4 Å². The second-order valence-electron chi connectivity index (χ2n) is 4.96. The first-order valence-electron chi connectivity index (χ1n) is 6.10. The molecule has 2 unspecified atom stereocenters. The maximum absolute atomic E-state index is 5.89. The van der Waals surface area contributed by atoms with Crippen molar-refractivity contribution in [2.24, 2.45) is 11.7 Å². The molecule has 1 aliphatic rings. The fraction of sp³-hybridized carbons (Fsp3) is 1.00. The Labute approximate surface area is 94.0 Å². The molecule has 0 spiro atoms. The fourth-order valence-corrected chi connectivity index (χ4v) is 2.42. The molecule has 3 nitrogen and oxygen atoms in total. The summed E-state index contributed by atoms with van der Waals surface area (Å²) in [6, 6.07) is 0. The van der Waals surface area contributed by atoms with E-state index in [1.165, 1.54) is 19.4 Å². The molecule has 1 rings (SSSR count). The highest BCUT2D eigenvalue weighted by Gasteiger charge is 2.32. The number of hydrogen-bond donors (Lipinski definition) is 1. The first-order chi connectivity index (χ1) is 7.16. The van der Waals surface area contributed by atoms with Crippen molar-refractivity contribution in [3.63, 3.8) is 0 Å². The summed E-state index contributed by atoms with van der Waals surface area (Å²) in [7, 11) is 1.79. The zero-order valence-corrected chi connectivity index (χ0v) is 10.5. The van der Waals surface area contributed by atoms with E-state index in [4.69, 9.17) is 10.5 Å². The first kappa shape index (κ1) is 12.9. The van der Waals surface area contributed by atoms with Crippen LogP contribution in [0, 0.1) is 5.92 Å². The monoisotopic (exact) mass is 214 g/mol. The molecule has 0 amide bonds. The molecular formula is C12H26N2O. The second-order valence-corrected chi connectivity index (χ2v) is 4.96. The number of ether oxygens (including phenoxy) is 1. The van der Waals surface area contributed by atoms with Crippen molar-refractivity contribution in [2.45, 2.75) is 38.6 Å². The molecule has 90 valence electrons. The molecule has 1 fully saturated rings. The smallest absolute Gasteiger partial charge is 0.0502 e. The third-order valence-corrected chi connectivity index (χ3v) is 3.89. The van der Waals surface area contributed by atoms with Crippen LogP contribution in [0.15, 0.2) is 0 Å². The Morgan fingerprint density at radius 3 is 2.80 bits per heavy atom. The van der Waals surface area contributed by atoms with Gasteiger partial charge in [0.15, 0.2) is 0 Å². The fourth-order valence-electron chi connectivity index (χ4n) is 2.42. The van der Waals surface area contributed by atoms with Crippen LogP contribution < -0.4 is 5.73 Å². The highest BCUT2D eigenvalue weighted by atomic mass is 16.5. The third kappa shape index (κ3) is 3.16. The normalized spacial score (nSPS) is 27.6. The number of hydrogen-bond acceptors (Lipinski definition) is 3. The Kier molecular flexibility index (Phi) is 5.03. The molecule has 0 aromatic heterocycles. The molecule has 0 aliphatic carbocycles. The van der Waals surface area contributed by atoms with E-state index in [2.05, 4.69) is 18.7 Å². The van der Waals surface area contributed by atoms with Gasteiger partial charge in [0.1, 0.15) is 0 Å². The molecular weight excluding hydrogens is 188 g/mol. The van der Waals surface area contributed by atoms with Crippen LogP contribution in [0.5, 0.6) is 0 Å². The Morgan fingerprint density at radius 2 is 2.27 bits per heavy atom. The lowest BCUT2D eigenvalue weighted by molar-refractivity contribution is 0.0289. The molecule has 2 N–H and O–H groups in total. The SMILES string of the molecule is CCC(C)(CN)N1CCCC(COC)C1. The molecule has 0 aromatic rings. The molecule has 0 radical (unpaired) electrons. The van der Waals surface area contributed by atoms with Gasteiger partial charge in [-0.15, -0.1) is 0 Å². The van der Waals surface area contributed by atoms with Gasteiger partial charge in [-0.2, -0.15) is 0 Å². The van der Waals surface area contributed by atoms with Gasteiger partial charge in [0.05, 0.1) is 6.61 Å². The van der Waals surface area contributed by atoms with Crippen molar-refractivity contribution >= 4 is 0 Å². The van der Waals surface area contributed by atoms with E-state index in [0.29, 0.717) is 5.92 Å². The molecule has 0 saturated carbocycles. The molecule has 1 aliphatic heterocycles. The summed E-state index contributed by atoms with van der Waals surface area (Å²) in [5.41, 5.74) is 6.08. The van der Waals surface area contributed by atoms with Crippen LogP contribution in [-0.2, 0) is 4.74 Å². The predicted octanol–water partition coefficient (Wildman–Crippen LogP) is 1.47. The molecule has 0 bridgehead atoms. The molecule has 3 heteroatoms. The van der Waals surface area contributed by atoms with Gasteiger partial charge in [-0.1, -0.05) is 6.92 Å². The van der Waals surface area contributed by atoms with Gasteiger partial charge in [-0.25, -0.2) is 0 Å². The third-order valence-electron chi connectivity index (χ3n) is 3.89. The standard InChI is InChI=1S/C12H26N2O/c1-4-12(2,10-13)14-7-5-6-11(8-14)9-15-3/h11H,4-10,13H2,1-3H3. The van der Waals surface area contributed by atoms with E-state index >= 15 is 0 Å². The van der Waals surface area contributed by atoms with E-state index in [0.717, 1.165) is 26.1 Å². The summed E-state index contributed by atoms with van der Waals surface area (Å²) in [4.78, 5) is 2.56. The van der Waals surface area contributed by atoms with Crippen LogP contribution in [0.4, 0.5) is 0 Å².